The number of carbonyl (C=O) groups excluding carboxylic acids is 1. The van der Waals surface area contributed by atoms with Gasteiger partial charge in [0.2, 0.25) is 21.8 Å². The first-order valence-electron chi connectivity index (χ1n) is 12.0. The van der Waals surface area contributed by atoms with Gasteiger partial charge < -0.3 is 9.32 Å². The van der Waals surface area contributed by atoms with Gasteiger partial charge in [-0.1, -0.05) is 30.3 Å². The third-order valence-electron chi connectivity index (χ3n) is 6.23. The molecule has 2 aromatic carbocycles. The number of carbonyl (C=O) groups is 1. The van der Waals surface area contributed by atoms with Crippen molar-refractivity contribution in [2.45, 2.75) is 26.3 Å². The summed E-state index contributed by atoms with van der Waals surface area (Å²) in [5, 5.41) is 6.98. The van der Waals surface area contributed by atoms with E-state index in [1.54, 1.807) is 60.4 Å². The molecule has 37 heavy (non-hydrogen) atoms. The highest BCUT2D eigenvalue weighted by Crippen LogP contribution is 2.26. The lowest BCUT2D eigenvalue weighted by molar-refractivity contribution is -0.130. The van der Waals surface area contributed by atoms with Crippen LogP contribution < -0.4 is 4.31 Å². The highest BCUT2D eigenvalue weighted by atomic mass is 32.2. The highest BCUT2D eigenvalue weighted by Gasteiger charge is 2.24. The van der Waals surface area contributed by atoms with Gasteiger partial charge in [0.1, 0.15) is 0 Å². The Morgan fingerprint density at radius 1 is 1.03 bits per heavy atom. The van der Waals surface area contributed by atoms with Crippen molar-refractivity contribution in [2.75, 3.05) is 42.8 Å². The number of hydrogen-bond donors (Lipinski definition) is 0. The average molecular weight is 534 g/mol. The SMILES string of the molecule is CC(=O)N1CCN(CCCS(=O)(=O)N(Cc2ccc(-c3nnc(C(F)F)o3)cc2)c2ccccc2)CC1. The van der Waals surface area contributed by atoms with E-state index < -0.39 is 22.3 Å². The van der Waals surface area contributed by atoms with Crippen LogP contribution in [0.4, 0.5) is 14.5 Å². The molecule has 0 saturated carbocycles. The minimum atomic E-state index is -3.65. The van der Waals surface area contributed by atoms with Gasteiger partial charge in [-0.25, -0.2) is 8.42 Å². The van der Waals surface area contributed by atoms with Crippen LogP contribution in [0.15, 0.2) is 59.0 Å². The Balaban J connectivity index is 1.42. The molecule has 2 heterocycles. The average Bonchev–Trinajstić information content (AvgIpc) is 3.39. The van der Waals surface area contributed by atoms with Crippen molar-refractivity contribution in [3.05, 3.63) is 66.1 Å². The molecule has 9 nitrogen and oxygen atoms in total. The van der Waals surface area contributed by atoms with E-state index in [4.69, 9.17) is 4.42 Å². The summed E-state index contributed by atoms with van der Waals surface area (Å²) in [5.74, 6) is -0.742. The molecule has 1 aromatic heterocycles. The van der Waals surface area contributed by atoms with Crippen molar-refractivity contribution in [3.8, 4) is 11.5 Å². The van der Waals surface area contributed by atoms with E-state index in [0.717, 1.165) is 13.1 Å². The largest absolute Gasteiger partial charge is 0.415 e. The summed E-state index contributed by atoms with van der Waals surface area (Å²) in [6.07, 6.45) is -2.38. The fourth-order valence-electron chi connectivity index (χ4n) is 4.17. The van der Waals surface area contributed by atoms with E-state index in [1.807, 2.05) is 6.07 Å². The first-order valence-corrected chi connectivity index (χ1v) is 13.6. The van der Waals surface area contributed by atoms with E-state index in [-0.39, 0.29) is 24.1 Å². The topological polar surface area (TPSA) is 99.9 Å². The number of para-hydroxylation sites is 1. The number of alkyl halides is 2. The first-order chi connectivity index (χ1) is 17.7. The van der Waals surface area contributed by atoms with Crippen LogP contribution in [-0.2, 0) is 21.4 Å². The Hall–Kier alpha value is -3.38. The number of halogens is 2. The maximum Gasteiger partial charge on any atom is 0.314 e. The number of rotatable bonds is 10. The lowest BCUT2D eigenvalue weighted by Crippen LogP contribution is -2.48. The second kappa shape index (κ2) is 11.8. The molecule has 0 N–H and O–H groups in total. The van der Waals surface area contributed by atoms with Gasteiger partial charge in [-0.05, 0) is 42.8 Å². The van der Waals surface area contributed by atoms with Crippen molar-refractivity contribution in [2.24, 2.45) is 0 Å². The fraction of sp³-hybridized carbons (Fsp3) is 0.400. The van der Waals surface area contributed by atoms with Gasteiger partial charge in [-0.3, -0.25) is 14.0 Å². The Bertz CT molecular complexity index is 1280. The Morgan fingerprint density at radius 3 is 2.30 bits per heavy atom. The minimum absolute atomic E-state index is 0.0225. The summed E-state index contributed by atoms with van der Waals surface area (Å²) < 4.78 is 58.7. The number of sulfonamides is 1. The normalized spacial score (nSPS) is 14.8. The summed E-state index contributed by atoms with van der Waals surface area (Å²) in [4.78, 5) is 15.5. The predicted octanol–water partition coefficient (Wildman–Crippen LogP) is 3.56. The van der Waals surface area contributed by atoms with E-state index in [0.29, 0.717) is 42.9 Å². The van der Waals surface area contributed by atoms with Crippen molar-refractivity contribution < 1.29 is 26.4 Å². The van der Waals surface area contributed by atoms with E-state index in [1.165, 1.54) is 4.31 Å². The van der Waals surface area contributed by atoms with Gasteiger partial charge in [-0.2, -0.15) is 8.78 Å². The standard InChI is InChI=1S/C25H29F2N5O4S/c1-19(33)31-15-13-30(14-16-31)12-5-17-37(34,35)32(22-6-3-2-4-7-22)18-20-8-10-21(11-9-20)24-28-29-25(36-24)23(26)27/h2-4,6-11,23H,5,12-18H2,1H3. The maximum absolute atomic E-state index is 13.4. The lowest BCUT2D eigenvalue weighted by atomic mass is 10.1. The molecule has 1 saturated heterocycles. The van der Waals surface area contributed by atoms with Crippen LogP contribution in [0.25, 0.3) is 11.5 Å². The van der Waals surface area contributed by atoms with Gasteiger partial charge in [0.05, 0.1) is 18.0 Å². The van der Waals surface area contributed by atoms with Gasteiger partial charge in [-0.15, -0.1) is 10.2 Å². The zero-order chi connectivity index (χ0) is 26.4. The number of hydrogen-bond acceptors (Lipinski definition) is 7. The number of piperazine rings is 1. The second-order valence-corrected chi connectivity index (χ2v) is 10.8. The van der Waals surface area contributed by atoms with Crippen LogP contribution in [0.3, 0.4) is 0 Å². The van der Waals surface area contributed by atoms with E-state index >= 15 is 0 Å². The molecular formula is C25H29F2N5O4S. The van der Waals surface area contributed by atoms with Crippen LogP contribution in [0.1, 0.15) is 31.2 Å². The summed E-state index contributed by atoms with van der Waals surface area (Å²) in [7, 11) is -3.65. The fourth-order valence-corrected chi connectivity index (χ4v) is 5.67. The highest BCUT2D eigenvalue weighted by molar-refractivity contribution is 7.92. The van der Waals surface area contributed by atoms with Crippen molar-refractivity contribution >= 4 is 21.6 Å². The molecule has 0 radical (unpaired) electrons. The molecule has 0 spiro atoms. The quantitative estimate of drug-likeness (QED) is 0.393. The van der Waals surface area contributed by atoms with Gasteiger partial charge >= 0.3 is 6.43 Å². The lowest BCUT2D eigenvalue weighted by Gasteiger charge is -2.34. The first kappa shape index (κ1) is 26.7. The maximum atomic E-state index is 13.4. The molecule has 12 heteroatoms. The van der Waals surface area contributed by atoms with Crippen LogP contribution >= 0.6 is 0 Å². The molecule has 198 valence electrons. The van der Waals surface area contributed by atoms with Crippen LogP contribution in [0.5, 0.6) is 0 Å². The molecular weight excluding hydrogens is 504 g/mol. The number of benzene rings is 2. The smallest absolute Gasteiger partial charge is 0.314 e. The Kier molecular flexibility index (Phi) is 8.49. The van der Waals surface area contributed by atoms with Crippen LogP contribution in [0.2, 0.25) is 0 Å². The van der Waals surface area contributed by atoms with Crippen LogP contribution in [0, 0.1) is 0 Å². The van der Waals surface area contributed by atoms with E-state index in [9.17, 15) is 22.0 Å². The molecule has 4 rings (SSSR count). The predicted molar refractivity (Wildman–Crippen MR) is 134 cm³/mol. The minimum Gasteiger partial charge on any atom is -0.415 e. The number of nitrogens with zero attached hydrogens (tertiary/aromatic N) is 5. The molecule has 1 aliphatic heterocycles. The molecule has 1 fully saturated rings. The van der Waals surface area contributed by atoms with Crippen molar-refractivity contribution in [1.29, 1.82) is 0 Å². The summed E-state index contributed by atoms with van der Waals surface area (Å²) in [6, 6.07) is 15.6. The summed E-state index contributed by atoms with van der Waals surface area (Å²) >= 11 is 0. The third kappa shape index (κ3) is 6.89. The molecule has 0 bridgehead atoms. The van der Waals surface area contributed by atoms with Gasteiger partial charge in [0, 0.05) is 38.7 Å². The number of amides is 1. The molecule has 1 aliphatic rings. The Morgan fingerprint density at radius 2 is 1.70 bits per heavy atom. The Labute approximate surface area is 214 Å². The van der Waals surface area contributed by atoms with Crippen molar-refractivity contribution in [1.82, 2.24) is 20.0 Å². The summed E-state index contributed by atoms with van der Waals surface area (Å²) in [6.45, 7) is 5.06. The molecule has 0 unspecified atom stereocenters. The second-order valence-electron chi connectivity index (χ2n) is 8.80. The zero-order valence-corrected chi connectivity index (χ0v) is 21.3. The van der Waals surface area contributed by atoms with Gasteiger partial charge in [0.25, 0.3) is 5.89 Å². The van der Waals surface area contributed by atoms with E-state index in [2.05, 4.69) is 15.1 Å². The molecule has 1 amide bonds. The third-order valence-corrected chi connectivity index (χ3v) is 8.04. The van der Waals surface area contributed by atoms with Crippen LogP contribution in [-0.4, -0.2) is 72.8 Å². The van der Waals surface area contributed by atoms with Gasteiger partial charge in [0.15, 0.2) is 0 Å². The monoisotopic (exact) mass is 533 g/mol. The summed E-state index contributed by atoms with van der Waals surface area (Å²) in [5.41, 5.74) is 1.73. The molecule has 0 aliphatic carbocycles. The molecule has 3 aromatic rings. The number of anilines is 1. The number of aromatic nitrogens is 2. The van der Waals surface area contributed by atoms with Crippen molar-refractivity contribution in [3.63, 3.8) is 0 Å². The zero-order valence-electron chi connectivity index (χ0n) is 20.5. The molecule has 0 atom stereocenters.